The first-order valence-electron chi connectivity index (χ1n) is 7.89. The average Bonchev–Trinajstić information content (AvgIpc) is 3.22. The number of hydrogen-bond acceptors (Lipinski definition) is 3. The first-order chi connectivity index (χ1) is 11.1. The molecule has 2 aromatic rings. The van der Waals surface area contributed by atoms with E-state index >= 15 is 0 Å². The summed E-state index contributed by atoms with van der Waals surface area (Å²) in [7, 11) is 0. The van der Waals surface area contributed by atoms with Gasteiger partial charge in [0.05, 0.1) is 6.04 Å². The highest BCUT2D eigenvalue weighted by atomic mass is 16.3. The second-order valence-electron chi connectivity index (χ2n) is 5.76. The van der Waals surface area contributed by atoms with Crippen LogP contribution in [0, 0.1) is 0 Å². The zero-order valence-corrected chi connectivity index (χ0v) is 13.1. The van der Waals surface area contributed by atoms with Crippen molar-refractivity contribution in [2.24, 2.45) is 5.73 Å². The standard InChI is InChI=1S/C18H20N2O3/c1-2-14-9-10-16(23-14)15-4-3-11-20(15)18(22)13-7-5-12(6-8-13)17(19)21/h5-10,15H,2-4,11H2,1H3,(H2,19,21)/t15-/m1/s1. The molecule has 1 saturated heterocycles. The highest BCUT2D eigenvalue weighted by Crippen LogP contribution is 2.34. The fraction of sp³-hybridized carbons (Fsp3) is 0.333. The van der Waals surface area contributed by atoms with E-state index in [4.69, 9.17) is 10.2 Å². The molecule has 120 valence electrons. The molecule has 2 amide bonds. The summed E-state index contributed by atoms with van der Waals surface area (Å²) in [4.78, 5) is 25.7. The van der Waals surface area contributed by atoms with Gasteiger partial charge in [-0.05, 0) is 49.2 Å². The number of carbonyl (C=O) groups excluding carboxylic acids is 2. The van der Waals surface area contributed by atoms with Crippen molar-refractivity contribution >= 4 is 11.8 Å². The summed E-state index contributed by atoms with van der Waals surface area (Å²) in [6.45, 7) is 2.75. The summed E-state index contributed by atoms with van der Waals surface area (Å²) in [5.74, 6) is 1.25. The van der Waals surface area contributed by atoms with E-state index in [-0.39, 0.29) is 11.9 Å². The summed E-state index contributed by atoms with van der Waals surface area (Å²) in [6, 6.07) is 10.4. The molecule has 0 aliphatic carbocycles. The number of hydrogen-bond donors (Lipinski definition) is 1. The normalized spacial score (nSPS) is 17.4. The molecule has 2 heterocycles. The van der Waals surface area contributed by atoms with Gasteiger partial charge in [0, 0.05) is 24.1 Å². The van der Waals surface area contributed by atoms with Gasteiger partial charge in [-0.15, -0.1) is 0 Å². The fourth-order valence-electron chi connectivity index (χ4n) is 3.01. The van der Waals surface area contributed by atoms with Gasteiger partial charge in [0.1, 0.15) is 11.5 Å². The predicted molar refractivity (Wildman–Crippen MR) is 86.1 cm³/mol. The van der Waals surface area contributed by atoms with Gasteiger partial charge in [-0.25, -0.2) is 0 Å². The van der Waals surface area contributed by atoms with Crippen LogP contribution in [-0.2, 0) is 6.42 Å². The number of benzene rings is 1. The molecule has 1 atom stereocenters. The lowest BCUT2D eigenvalue weighted by molar-refractivity contribution is 0.0718. The van der Waals surface area contributed by atoms with Crippen LogP contribution in [0.2, 0.25) is 0 Å². The van der Waals surface area contributed by atoms with Crippen LogP contribution < -0.4 is 5.73 Å². The van der Waals surface area contributed by atoms with Gasteiger partial charge in [0.2, 0.25) is 5.91 Å². The summed E-state index contributed by atoms with van der Waals surface area (Å²) in [5, 5.41) is 0. The molecule has 0 spiro atoms. The maximum atomic E-state index is 12.8. The number of carbonyl (C=O) groups is 2. The van der Waals surface area contributed by atoms with Crippen molar-refractivity contribution in [3.63, 3.8) is 0 Å². The van der Waals surface area contributed by atoms with E-state index in [2.05, 4.69) is 0 Å². The van der Waals surface area contributed by atoms with Crippen LogP contribution in [0.25, 0.3) is 0 Å². The van der Waals surface area contributed by atoms with E-state index in [1.165, 1.54) is 0 Å². The molecule has 1 aromatic heterocycles. The van der Waals surface area contributed by atoms with Gasteiger partial charge in [0.25, 0.3) is 5.91 Å². The number of furan rings is 1. The molecule has 1 aliphatic rings. The van der Waals surface area contributed by atoms with Crippen molar-refractivity contribution in [3.8, 4) is 0 Å². The van der Waals surface area contributed by atoms with Crippen molar-refractivity contribution in [3.05, 3.63) is 59.0 Å². The Hall–Kier alpha value is -2.56. The van der Waals surface area contributed by atoms with Gasteiger partial charge in [-0.2, -0.15) is 0 Å². The Labute approximate surface area is 135 Å². The number of primary amides is 1. The second-order valence-corrected chi connectivity index (χ2v) is 5.76. The Bertz CT molecular complexity index is 718. The Morgan fingerprint density at radius 2 is 1.87 bits per heavy atom. The van der Waals surface area contributed by atoms with Crippen LogP contribution in [0.5, 0.6) is 0 Å². The largest absolute Gasteiger partial charge is 0.464 e. The molecule has 0 bridgehead atoms. The maximum absolute atomic E-state index is 12.8. The number of likely N-dealkylation sites (tertiary alicyclic amines) is 1. The van der Waals surface area contributed by atoms with Gasteiger partial charge in [-0.1, -0.05) is 6.92 Å². The van der Waals surface area contributed by atoms with Crippen molar-refractivity contribution in [1.29, 1.82) is 0 Å². The number of aryl methyl sites for hydroxylation is 1. The molecule has 5 nitrogen and oxygen atoms in total. The summed E-state index contributed by atoms with van der Waals surface area (Å²) in [5.41, 5.74) is 6.19. The van der Waals surface area contributed by atoms with E-state index < -0.39 is 5.91 Å². The van der Waals surface area contributed by atoms with E-state index in [1.54, 1.807) is 24.3 Å². The number of rotatable bonds is 4. The van der Waals surface area contributed by atoms with Crippen molar-refractivity contribution < 1.29 is 14.0 Å². The first-order valence-corrected chi connectivity index (χ1v) is 7.89. The Morgan fingerprint density at radius 1 is 1.17 bits per heavy atom. The minimum Gasteiger partial charge on any atom is -0.464 e. The van der Waals surface area contributed by atoms with Gasteiger partial charge in [0.15, 0.2) is 0 Å². The topological polar surface area (TPSA) is 76.5 Å². The van der Waals surface area contributed by atoms with Gasteiger partial charge >= 0.3 is 0 Å². The van der Waals surface area contributed by atoms with E-state index in [0.717, 1.165) is 30.8 Å². The van der Waals surface area contributed by atoms with Crippen LogP contribution in [0.3, 0.4) is 0 Å². The molecule has 0 saturated carbocycles. The van der Waals surface area contributed by atoms with Gasteiger partial charge < -0.3 is 15.1 Å². The highest BCUT2D eigenvalue weighted by Gasteiger charge is 2.32. The Balaban J connectivity index is 1.81. The Kier molecular flexibility index (Phi) is 4.19. The monoisotopic (exact) mass is 312 g/mol. The molecule has 2 N–H and O–H groups in total. The number of nitrogens with two attached hydrogens (primary N) is 1. The van der Waals surface area contributed by atoms with Crippen LogP contribution in [0.4, 0.5) is 0 Å². The van der Waals surface area contributed by atoms with E-state index in [0.29, 0.717) is 17.7 Å². The summed E-state index contributed by atoms with van der Waals surface area (Å²) < 4.78 is 5.83. The number of amides is 2. The minimum absolute atomic E-state index is 0.0152. The molecule has 0 unspecified atom stereocenters. The fourth-order valence-corrected chi connectivity index (χ4v) is 3.01. The average molecular weight is 312 g/mol. The molecule has 23 heavy (non-hydrogen) atoms. The van der Waals surface area contributed by atoms with Crippen LogP contribution in [-0.4, -0.2) is 23.3 Å². The van der Waals surface area contributed by atoms with Crippen molar-refractivity contribution in [2.75, 3.05) is 6.54 Å². The highest BCUT2D eigenvalue weighted by molar-refractivity contribution is 5.97. The second kappa shape index (κ2) is 6.28. The molecular weight excluding hydrogens is 292 g/mol. The smallest absolute Gasteiger partial charge is 0.254 e. The number of nitrogens with zero attached hydrogens (tertiary/aromatic N) is 1. The molecule has 0 radical (unpaired) electrons. The first kappa shape index (κ1) is 15.3. The molecule has 5 heteroatoms. The van der Waals surface area contributed by atoms with Crippen molar-refractivity contribution in [1.82, 2.24) is 4.90 Å². The molecule has 1 fully saturated rings. The SMILES string of the molecule is CCc1ccc([C@H]2CCCN2C(=O)c2ccc(C(N)=O)cc2)o1. The zero-order valence-electron chi connectivity index (χ0n) is 13.1. The zero-order chi connectivity index (χ0) is 16.4. The molecule has 1 aromatic carbocycles. The lowest BCUT2D eigenvalue weighted by Gasteiger charge is -2.23. The lowest BCUT2D eigenvalue weighted by atomic mass is 10.1. The summed E-state index contributed by atoms with van der Waals surface area (Å²) in [6.07, 6.45) is 2.70. The third-order valence-electron chi connectivity index (χ3n) is 4.29. The van der Waals surface area contributed by atoms with Crippen molar-refractivity contribution in [2.45, 2.75) is 32.2 Å². The van der Waals surface area contributed by atoms with E-state index in [9.17, 15) is 9.59 Å². The van der Waals surface area contributed by atoms with Crippen LogP contribution in [0.15, 0.2) is 40.8 Å². The maximum Gasteiger partial charge on any atom is 0.254 e. The molecule has 1 aliphatic heterocycles. The predicted octanol–water partition coefficient (Wildman–Crippen LogP) is 2.92. The Morgan fingerprint density at radius 3 is 2.48 bits per heavy atom. The van der Waals surface area contributed by atoms with Crippen LogP contribution >= 0.6 is 0 Å². The van der Waals surface area contributed by atoms with Gasteiger partial charge in [-0.3, -0.25) is 9.59 Å². The third kappa shape index (κ3) is 2.99. The minimum atomic E-state index is -0.495. The summed E-state index contributed by atoms with van der Waals surface area (Å²) >= 11 is 0. The van der Waals surface area contributed by atoms with E-state index in [1.807, 2.05) is 24.0 Å². The molecular formula is C18H20N2O3. The lowest BCUT2D eigenvalue weighted by Crippen LogP contribution is -2.30. The quantitative estimate of drug-likeness (QED) is 0.943. The third-order valence-corrected chi connectivity index (χ3v) is 4.29. The van der Waals surface area contributed by atoms with Crippen LogP contribution in [0.1, 0.15) is 58.0 Å². The molecule has 3 rings (SSSR count).